The lowest BCUT2D eigenvalue weighted by Crippen LogP contribution is -2.56. The maximum atomic E-state index is 9.71. The third-order valence-electron chi connectivity index (χ3n) is 7.03. The Balaban J connectivity index is 1.45. The van der Waals surface area contributed by atoms with Gasteiger partial charge in [-0.1, -0.05) is 43.2 Å². The van der Waals surface area contributed by atoms with E-state index in [1.165, 1.54) is 43.4 Å². The van der Waals surface area contributed by atoms with Crippen LogP contribution in [-0.2, 0) is 12.8 Å². The highest BCUT2D eigenvalue weighted by Gasteiger charge is 2.35. The van der Waals surface area contributed by atoms with Crippen molar-refractivity contribution in [2.45, 2.75) is 63.5 Å². The Labute approximate surface area is 173 Å². The average molecular weight is 393 g/mol. The van der Waals surface area contributed by atoms with Crippen LogP contribution in [0.25, 0.3) is 11.4 Å². The third-order valence-corrected chi connectivity index (χ3v) is 7.03. The molecular weight excluding hydrogens is 360 g/mol. The molecule has 0 radical (unpaired) electrons. The maximum absolute atomic E-state index is 9.71. The fraction of sp³-hybridized carbons (Fsp3) is 0.583. The molecule has 1 aromatic carbocycles. The van der Waals surface area contributed by atoms with E-state index in [1.807, 2.05) is 6.07 Å². The summed E-state index contributed by atoms with van der Waals surface area (Å²) in [6.45, 7) is 3.33. The number of aromatic nitrogens is 2. The normalized spacial score (nSPS) is 22.9. The number of hydrogen-bond donors (Lipinski definition) is 1. The first-order valence-corrected chi connectivity index (χ1v) is 11.4. The van der Waals surface area contributed by atoms with E-state index in [0.717, 1.165) is 56.1 Å². The molecule has 3 aliphatic rings. The molecule has 0 spiro atoms. The van der Waals surface area contributed by atoms with E-state index in [2.05, 4.69) is 34.1 Å². The first-order chi connectivity index (χ1) is 14.3. The number of anilines is 1. The lowest BCUT2D eigenvalue weighted by atomic mass is 10.0. The molecule has 1 aromatic heterocycles. The summed E-state index contributed by atoms with van der Waals surface area (Å²) in [7, 11) is 0. The molecule has 0 bridgehead atoms. The summed E-state index contributed by atoms with van der Waals surface area (Å²) in [6, 6.07) is 11.5. The molecular formula is C24H32N4O. The third kappa shape index (κ3) is 3.78. The Morgan fingerprint density at radius 2 is 1.79 bits per heavy atom. The van der Waals surface area contributed by atoms with Gasteiger partial charge in [-0.25, -0.2) is 9.97 Å². The highest BCUT2D eigenvalue weighted by Crippen LogP contribution is 2.34. The van der Waals surface area contributed by atoms with Gasteiger partial charge in [-0.2, -0.15) is 0 Å². The molecule has 5 heteroatoms. The Kier molecular flexibility index (Phi) is 5.51. The summed E-state index contributed by atoms with van der Waals surface area (Å²) in [6.07, 6.45) is 9.54. The molecule has 0 amide bonds. The summed E-state index contributed by atoms with van der Waals surface area (Å²) >= 11 is 0. The van der Waals surface area contributed by atoms with E-state index in [0.29, 0.717) is 12.1 Å². The van der Waals surface area contributed by atoms with Gasteiger partial charge in [0.15, 0.2) is 5.82 Å². The van der Waals surface area contributed by atoms with Crippen LogP contribution < -0.4 is 4.90 Å². The van der Waals surface area contributed by atoms with Crippen LogP contribution in [0.5, 0.6) is 0 Å². The monoisotopic (exact) mass is 392 g/mol. The van der Waals surface area contributed by atoms with Crippen LogP contribution in [0.2, 0.25) is 0 Å². The van der Waals surface area contributed by atoms with Crippen LogP contribution in [0, 0.1) is 0 Å². The lowest BCUT2D eigenvalue weighted by molar-refractivity contribution is 0.0981. The van der Waals surface area contributed by atoms with E-state index < -0.39 is 0 Å². The predicted molar refractivity (Wildman–Crippen MR) is 116 cm³/mol. The second kappa shape index (κ2) is 8.41. The molecule has 29 heavy (non-hydrogen) atoms. The van der Waals surface area contributed by atoms with Crippen molar-refractivity contribution in [1.82, 2.24) is 14.9 Å². The molecule has 2 aromatic rings. The number of rotatable bonds is 5. The van der Waals surface area contributed by atoms with Gasteiger partial charge in [0.25, 0.3) is 0 Å². The van der Waals surface area contributed by atoms with Gasteiger partial charge in [0.2, 0.25) is 0 Å². The number of aliphatic hydroxyl groups excluding tert-OH is 1. The quantitative estimate of drug-likeness (QED) is 0.845. The summed E-state index contributed by atoms with van der Waals surface area (Å²) in [5.41, 5.74) is 3.70. The number of fused-ring (bicyclic) bond motifs is 1. The smallest absolute Gasteiger partial charge is 0.161 e. The summed E-state index contributed by atoms with van der Waals surface area (Å²) < 4.78 is 0. The topological polar surface area (TPSA) is 52.5 Å². The minimum absolute atomic E-state index is 0.263. The molecule has 0 unspecified atom stereocenters. The molecule has 2 heterocycles. The number of nitrogens with zero attached hydrogens (tertiary/aromatic N) is 4. The lowest BCUT2D eigenvalue weighted by Gasteiger charge is -2.45. The fourth-order valence-corrected chi connectivity index (χ4v) is 5.57. The SMILES string of the molecule is OCC[C@H]1CN(c2nc(-c3ccccc3)nc3c2CCC3)CCN1C1CCCC1. The van der Waals surface area contributed by atoms with Crippen molar-refractivity contribution in [1.29, 1.82) is 0 Å². The minimum Gasteiger partial charge on any atom is -0.396 e. The number of aliphatic hydroxyl groups is 1. The van der Waals surface area contributed by atoms with Crippen LogP contribution >= 0.6 is 0 Å². The van der Waals surface area contributed by atoms with Gasteiger partial charge in [0.05, 0.1) is 0 Å². The molecule has 1 atom stereocenters. The van der Waals surface area contributed by atoms with Crippen molar-refractivity contribution in [3.05, 3.63) is 41.6 Å². The van der Waals surface area contributed by atoms with Gasteiger partial charge in [-0.3, -0.25) is 4.90 Å². The molecule has 1 saturated carbocycles. The minimum atomic E-state index is 0.263. The van der Waals surface area contributed by atoms with E-state index in [1.54, 1.807) is 0 Å². The van der Waals surface area contributed by atoms with E-state index in [9.17, 15) is 5.11 Å². The Bertz CT molecular complexity index is 834. The second-order valence-electron chi connectivity index (χ2n) is 8.80. The summed E-state index contributed by atoms with van der Waals surface area (Å²) in [5, 5.41) is 9.71. The van der Waals surface area contributed by atoms with Crippen molar-refractivity contribution in [3.63, 3.8) is 0 Å². The molecule has 2 aliphatic carbocycles. The van der Waals surface area contributed by atoms with Crippen LogP contribution in [0.4, 0.5) is 5.82 Å². The number of aryl methyl sites for hydroxylation is 1. The Morgan fingerprint density at radius 1 is 0.966 bits per heavy atom. The molecule has 2 fully saturated rings. The standard InChI is InChI=1S/C24H32N4O/c29-16-13-20-17-27(14-15-28(20)19-9-4-5-10-19)24-21-11-6-12-22(21)25-23(26-24)18-7-2-1-3-8-18/h1-3,7-8,19-20,29H,4-6,9-17H2/t20-/m0/s1. The van der Waals surface area contributed by atoms with Crippen LogP contribution in [-0.4, -0.2) is 58.3 Å². The first-order valence-electron chi connectivity index (χ1n) is 11.4. The second-order valence-corrected chi connectivity index (χ2v) is 8.80. The predicted octanol–water partition coefficient (Wildman–Crippen LogP) is 3.45. The van der Waals surface area contributed by atoms with Crippen LogP contribution in [0.15, 0.2) is 30.3 Å². The molecule has 1 saturated heterocycles. The van der Waals surface area contributed by atoms with E-state index in [-0.39, 0.29) is 6.61 Å². The van der Waals surface area contributed by atoms with Gasteiger partial charge in [-0.15, -0.1) is 0 Å². The summed E-state index contributed by atoms with van der Waals surface area (Å²) in [4.78, 5) is 15.2. The number of piperazine rings is 1. The Morgan fingerprint density at radius 3 is 2.59 bits per heavy atom. The van der Waals surface area contributed by atoms with Gasteiger partial charge in [0, 0.05) is 55.1 Å². The van der Waals surface area contributed by atoms with Crippen molar-refractivity contribution in [2.75, 3.05) is 31.1 Å². The van der Waals surface area contributed by atoms with E-state index in [4.69, 9.17) is 9.97 Å². The number of benzene rings is 1. The fourth-order valence-electron chi connectivity index (χ4n) is 5.57. The van der Waals surface area contributed by atoms with Gasteiger partial charge in [0.1, 0.15) is 5.82 Å². The average Bonchev–Trinajstić information content (AvgIpc) is 3.46. The summed E-state index contributed by atoms with van der Waals surface area (Å²) in [5.74, 6) is 2.01. The molecule has 5 rings (SSSR count). The zero-order valence-electron chi connectivity index (χ0n) is 17.3. The van der Waals surface area contributed by atoms with Crippen molar-refractivity contribution in [3.8, 4) is 11.4 Å². The molecule has 1 N–H and O–H groups in total. The van der Waals surface area contributed by atoms with Crippen molar-refractivity contribution in [2.24, 2.45) is 0 Å². The van der Waals surface area contributed by atoms with Gasteiger partial charge in [-0.05, 0) is 38.5 Å². The zero-order valence-corrected chi connectivity index (χ0v) is 17.3. The van der Waals surface area contributed by atoms with Crippen LogP contribution in [0.3, 0.4) is 0 Å². The van der Waals surface area contributed by atoms with Crippen molar-refractivity contribution < 1.29 is 5.11 Å². The van der Waals surface area contributed by atoms with Gasteiger partial charge < -0.3 is 10.0 Å². The number of hydrogen-bond acceptors (Lipinski definition) is 5. The molecule has 154 valence electrons. The van der Waals surface area contributed by atoms with Gasteiger partial charge >= 0.3 is 0 Å². The van der Waals surface area contributed by atoms with Crippen LogP contribution in [0.1, 0.15) is 49.8 Å². The zero-order chi connectivity index (χ0) is 19.6. The maximum Gasteiger partial charge on any atom is 0.161 e. The Hall–Kier alpha value is -1.98. The molecule has 5 nitrogen and oxygen atoms in total. The van der Waals surface area contributed by atoms with E-state index >= 15 is 0 Å². The first kappa shape index (κ1) is 19.0. The van der Waals surface area contributed by atoms with Crippen molar-refractivity contribution >= 4 is 5.82 Å². The highest BCUT2D eigenvalue weighted by molar-refractivity contribution is 5.61. The molecule has 1 aliphatic heterocycles. The largest absolute Gasteiger partial charge is 0.396 e. The highest BCUT2D eigenvalue weighted by atomic mass is 16.3.